The van der Waals surface area contributed by atoms with Crippen molar-refractivity contribution >= 4 is 0 Å². The normalized spacial score (nSPS) is 7.80. The highest BCUT2D eigenvalue weighted by Crippen LogP contribution is 2.24. The van der Waals surface area contributed by atoms with Crippen molar-refractivity contribution in [1.82, 2.24) is 0 Å². The van der Waals surface area contributed by atoms with Crippen LogP contribution in [0.15, 0.2) is 231 Å². The van der Waals surface area contributed by atoms with Crippen LogP contribution in [0.4, 0.5) is 0 Å². The van der Waals surface area contributed by atoms with Crippen LogP contribution in [-0.4, -0.2) is 0 Å². The van der Waals surface area contributed by atoms with Gasteiger partial charge in [-0.25, -0.2) is 0 Å². The van der Waals surface area contributed by atoms with Crippen LogP contribution >= 0.6 is 0 Å². The molecule has 0 bridgehead atoms. The van der Waals surface area contributed by atoms with Crippen LogP contribution in [0.25, 0.3) is 33.4 Å². The van der Waals surface area contributed by atoms with Gasteiger partial charge in [0.05, 0.1) is 0 Å². The molecule has 0 unspecified atom stereocenters. The van der Waals surface area contributed by atoms with Crippen LogP contribution in [-0.2, 0) is 0 Å². The Morgan fingerprint density at radius 3 is 0.652 bits per heavy atom. The van der Waals surface area contributed by atoms with E-state index in [0.29, 0.717) is 0 Å². The number of hydrogen-bond donors (Lipinski definition) is 0. The van der Waals surface area contributed by atoms with Crippen molar-refractivity contribution in [2.45, 2.75) is 243 Å². The lowest BCUT2D eigenvalue weighted by atomic mass is 9.99. The first-order chi connectivity index (χ1) is 42.9. The summed E-state index contributed by atoms with van der Waals surface area (Å²) < 4.78 is 0. The third kappa shape index (κ3) is 58.4. The summed E-state index contributed by atoms with van der Waals surface area (Å²) in [5, 5.41) is 0. The molecule has 89 heavy (non-hydrogen) atoms. The van der Waals surface area contributed by atoms with Gasteiger partial charge >= 0.3 is 0 Å². The fourth-order valence-corrected chi connectivity index (χ4v) is 6.69. The molecular formula is C89H144. The van der Waals surface area contributed by atoms with E-state index in [4.69, 9.17) is 0 Å². The Morgan fingerprint density at radius 2 is 0.371 bits per heavy atom. The fraction of sp³-hybridized carbons (Fsp3) is 0.393. The van der Waals surface area contributed by atoms with Gasteiger partial charge in [-0.1, -0.05) is 443 Å². The van der Waals surface area contributed by atoms with E-state index >= 15 is 0 Å². The monoisotopic (exact) mass is 1210 g/mol. The molecule has 0 N–H and O–H groups in total. The zero-order valence-corrected chi connectivity index (χ0v) is 63.9. The maximum atomic E-state index is 2.22. The van der Waals surface area contributed by atoms with Crippen LogP contribution in [0.5, 0.6) is 0 Å². The van der Waals surface area contributed by atoms with Crippen LogP contribution in [0.3, 0.4) is 0 Å². The van der Waals surface area contributed by atoms with Gasteiger partial charge in [0, 0.05) is 0 Å². The Hall–Kier alpha value is -7.02. The lowest BCUT2D eigenvalue weighted by Crippen LogP contribution is -1.83. The lowest BCUT2D eigenvalue weighted by molar-refractivity contribution is 1.34. The molecular weight excluding hydrogens is 1070 g/mol. The third-order valence-corrected chi connectivity index (χ3v) is 10.6. The minimum absolute atomic E-state index is 0. The summed E-state index contributed by atoms with van der Waals surface area (Å²) in [6, 6.07) is 80.4. The maximum absolute atomic E-state index is 2.22. The summed E-state index contributed by atoms with van der Waals surface area (Å²) in [4.78, 5) is 0. The number of benzene rings is 9. The lowest BCUT2D eigenvalue weighted by Gasteiger charge is -2.06. The Kier molecular flexibility index (Phi) is 96.8. The molecule has 0 spiro atoms. The highest BCUT2D eigenvalue weighted by atomic mass is 14.1. The standard InChI is InChI=1S/C14H14.2C13H12.3C8H10.12C2H6.CH4/c1-11-8-9-14(12(2)10-11)13-6-4-3-5-7-13;1-11-6-5-9-13(10-11)12-7-3-2-4-8-12;1-11-7-9-13(10-8-11)12-5-3-2-4-6-12;1-7-3-5-8(2)6-4-7;1-7-4-3-5-8(2)6-7;1-7-5-3-4-6-8(7)2;12*1-2;/h3-10H,1-2H3;2*2-10H,1H3;3*3-6H,1-2H3;12*1-2H3;1H4. The van der Waals surface area contributed by atoms with Crippen molar-refractivity contribution in [3.05, 3.63) is 286 Å². The van der Waals surface area contributed by atoms with E-state index in [0.717, 1.165) is 0 Å². The minimum atomic E-state index is 0. The van der Waals surface area contributed by atoms with Crippen LogP contribution in [0.1, 0.15) is 229 Å². The zero-order chi connectivity index (χ0) is 70.1. The molecule has 0 aromatic heterocycles. The second-order valence-electron chi connectivity index (χ2n) is 16.5. The topological polar surface area (TPSA) is 0 Å². The summed E-state index contributed by atoms with van der Waals surface area (Å²) in [5.74, 6) is 0. The molecule has 9 aromatic carbocycles. The molecule has 0 heteroatoms. The van der Waals surface area contributed by atoms with Crippen molar-refractivity contribution in [2.24, 2.45) is 0 Å². The molecule has 0 saturated carbocycles. The van der Waals surface area contributed by atoms with Crippen LogP contribution in [0.2, 0.25) is 0 Å². The van der Waals surface area contributed by atoms with Gasteiger partial charge in [-0.05, 0) is 119 Å². The first-order valence-electron chi connectivity index (χ1n) is 34.3. The van der Waals surface area contributed by atoms with Gasteiger partial charge in [-0.2, -0.15) is 0 Å². The summed E-state index contributed by atoms with van der Waals surface area (Å²) in [6.07, 6.45) is 0. The van der Waals surface area contributed by atoms with E-state index in [9.17, 15) is 0 Å². The summed E-state index contributed by atoms with van der Waals surface area (Å²) in [6.45, 7) is 69.2. The highest BCUT2D eigenvalue weighted by Gasteiger charge is 2.00. The molecule has 0 aliphatic carbocycles. The van der Waals surface area contributed by atoms with Gasteiger partial charge in [-0.3, -0.25) is 0 Å². The van der Waals surface area contributed by atoms with Crippen LogP contribution < -0.4 is 0 Å². The number of hydrogen-bond acceptors (Lipinski definition) is 0. The fourth-order valence-electron chi connectivity index (χ4n) is 6.69. The largest absolute Gasteiger partial charge is 0.0776 e. The summed E-state index contributed by atoms with van der Waals surface area (Å²) >= 11 is 0. The number of rotatable bonds is 3. The highest BCUT2D eigenvalue weighted by molar-refractivity contribution is 5.67. The Morgan fingerprint density at radius 1 is 0.146 bits per heavy atom. The smallest absolute Gasteiger partial charge is 0.0155 e. The third-order valence-electron chi connectivity index (χ3n) is 10.6. The Balaban J connectivity index is -0.0000000990. The average molecular weight is 1210 g/mol. The van der Waals surface area contributed by atoms with Crippen molar-refractivity contribution in [3.8, 4) is 33.4 Å². The van der Waals surface area contributed by atoms with Gasteiger partial charge in [0.25, 0.3) is 0 Å². The van der Waals surface area contributed by atoms with E-state index in [1.54, 1.807) is 0 Å². The van der Waals surface area contributed by atoms with Crippen molar-refractivity contribution in [3.63, 3.8) is 0 Å². The van der Waals surface area contributed by atoms with Gasteiger partial charge in [0.15, 0.2) is 0 Å². The van der Waals surface area contributed by atoms with Gasteiger partial charge in [0.1, 0.15) is 0 Å². The van der Waals surface area contributed by atoms with E-state index < -0.39 is 0 Å². The molecule has 9 rings (SSSR count). The number of aryl methyl sites for hydroxylation is 10. The maximum Gasteiger partial charge on any atom is -0.0155 e. The predicted molar refractivity (Wildman–Crippen MR) is 425 cm³/mol. The zero-order valence-electron chi connectivity index (χ0n) is 63.9. The molecule has 0 radical (unpaired) electrons. The van der Waals surface area contributed by atoms with Crippen molar-refractivity contribution < 1.29 is 0 Å². The molecule has 0 saturated heterocycles. The first-order valence-corrected chi connectivity index (χ1v) is 34.3. The average Bonchev–Trinajstić information content (AvgIpc) is 3.74. The summed E-state index contributed by atoms with van der Waals surface area (Å²) in [7, 11) is 0. The van der Waals surface area contributed by atoms with Crippen molar-refractivity contribution in [2.75, 3.05) is 0 Å². The SMILES string of the molecule is C.CC.CC.CC.CC.CC.CC.CC.CC.CC.CC.CC.CC.Cc1ccc(-c2ccccc2)c(C)c1.Cc1ccc(-c2ccccc2)cc1.Cc1ccc(C)cc1.Cc1cccc(-c2ccccc2)c1.Cc1cccc(C)c1.Cc1ccccc1C. The molecule has 0 amide bonds. The quantitative estimate of drug-likeness (QED) is 0.165. The van der Waals surface area contributed by atoms with E-state index in [-0.39, 0.29) is 7.43 Å². The molecule has 0 fully saturated rings. The Bertz CT molecular complexity index is 2590. The van der Waals surface area contributed by atoms with E-state index in [2.05, 4.69) is 282 Å². The first kappa shape index (κ1) is 104. The predicted octanol–water partition coefficient (Wildman–Crippen LogP) is 31.2. The molecule has 0 heterocycles. The summed E-state index contributed by atoms with van der Waals surface area (Å²) in [5.41, 5.74) is 21.1. The Labute approximate surface area is 559 Å². The van der Waals surface area contributed by atoms with Crippen molar-refractivity contribution in [1.29, 1.82) is 0 Å². The van der Waals surface area contributed by atoms with Gasteiger partial charge < -0.3 is 0 Å². The minimum Gasteiger partial charge on any atom is -0.0776 e. The van der Waals surface area contributed by atoms with E-state index in [1.165, 1.54) is 89.0 Å². The molecule has 0 nitrogen and oxygen atoms in total. The second kappa shape index (κ2) is 83.0. The van der Waals surface area contributed by atoms with Gasteiger partial charge in [-0.15, -0.1) is 0 Å². The molecule has 9 aromatic rings. The van der Waals surface area contributed by atoms with E-state index in [1.807, 2.05) is 184 Å². The van der Waals surface area contributed by atoms with Gasteiger partial charge in [0.2, 0.25) is 0 Å². The molecule has 0 aliphatic rings. The second-order valence-corrected chi connectivity index (χ2v) is 16.5. The molecule has 500 valence electrons. The molecule has 0 atom stereocenters. The molecule has 0 aliphatic heterocycles. The van der Waals surface area contributed by atoms with Crippen LogP contribution in [0, 0.1) is 69.2 Å².